The zero-order valence-corrected chi connectivity index (χ0v) is 14.4. The first-order chi connectivity index (χ1) is 12.7. The van der Waals surface area contributed by atoms with Crippen LogP contribution in [0.2, 0.25) is 0 Å². The summed E-state index contributed by atoms with van der Waals surface area (Å²) in [5.74, 6) is 1.52. The highest BCUT2D eigenvalue weighted by molar-refractivity contribution is 5.63. The minimum atomic E-state index is -0.183. The summed E-state index contributed by atoms with van der Waals surface area (Å²) in [6.07, 6.45) is 5.40. The summed E-state index contributed by atoms with van der Waals surface area (Å²) in [7, 11) is 3.24. The second kappa shape index (κ2) is 6.40. The number of methoxy groups -OCH3 is 2. The molecule has 0 saturated heterocycles. The van der Waals surface area contributed by atoms with Crippen LogP contribution in [-0.2, 0) is 0 Å². The van der Waals surface area contributed by atoms with Gasteiger partial charge in [0.2, 0.25) is 5.65 Å². The van der Waals surface area contributed by atoms with Crippen LogP contribution in [0, 0.1) is 0 Å². The summed E-state index contributed by atoms with van der Waals surface area (Å²) in [5.41, 5.74) is 2.60. The van der Waals surface area contributed by atoms with Crippen molar-refractivity contribution in [2.75, 3.05) is 14.2 Å². The lowest BCUT2D eigenvalue weighted by molar-refractivity contribution is 0.414. The van der Waals surface area contributed by atoms with Gasteiger partial charge in [0.15, 0.2) is 0 Å². The normalized spacial score (nSPS) is 10.8. The molecule has 0 aliphatic heterocycles. The van der Waals surface area contributed by atoms with E-state index in [0.29, 0.717) is 5.65 Å². The zero-order chi connectivity index (χ0) is 18.1. The number of hydrogen-bond acceptors (Lipinski definition) is 4. The Hall–Kier alpha value is -3.54. The van der Waals surface area contributed by atoms with Crippen molar-refractivity contribution in [3.8, 4) is 28.4 Å². The molecule has 0 aliphatic rings. The highest BCUT2D eigenvalue weighted by atomic mass is 16.5. The zero-order valence-electron chi connectivity index (χ0n) is 14.4. The molecule has 26 heavy (non-hydrogen) atoms. The number of fused-ring (bicyclic) bond motifs is 1. The fraction of sp³-hybridized carbons (Fsp3) is 0.100. The maximum Gasteiger partial charge on any atom is 0.298 e. The van der Waals surface area contributed by atoms with E-state index in [9.17, 15) is 4.79 Å². The molecule has 0 saturated carbocycles. The molecule has 0 unspecified atom stereocenters. The Labute approximate surface area is 149 Å². The Bertz CT molecular complexity index is 1110. The van der Waals surface area contributed by atoms with Crippen molar-refractivity contribution in [1.29, 1.82) is 0 Å². The maximum absolute atomic E-state index is 12.9. The van der Waals surface area contributed by atoms with E-state index in [1.54, 1.807) is 29.4 Å². The van der Waals surface area contributed by atoms with E-state index in [1.807, 2.05) is 60.9 Å². The molecule has 130 valence electrons. The van der Waals surface area contributed by atoms with E-state index < -0.39 is 0 Å². The Morgan fingerprint density at radius 1 is 0.846 bits per heavy atom. The largest absolute Gasteiger partial charge is 0.497 e. The molecule has 0 aliphatic carbocycles. The first-order valence-corrected chi connectivity index (χ1v) is 8.09. The van der Waals surface area contributed by atoms with Crippen molar-refractivity contribution in [2.24, 2.45) is 0 Å². The molecule has 0 bridgehead atoms. The molecule has 0 amide bonds. The average Bonchev–Trinajstić information content (AvgIpc) is 3.14. The summed E-state index contributed by atoms with van der Waals surface area (Å²) in [6, 6.07) is 14.9. The van der Waals surface area contributed by atoms with Gasteiger partial charge >= 0.3 is 0 Å². The topological polar surface area (TPSA) is 57.8 Å². The highest BCUT2D eigenvalue weighted by Gasteiger charge is 2.10. The molecule has 0 fully saturated rings. The maximum atomic E-state index is 12.9. The van der Waals surface area contributed by atoms with Crippen LogP contribution in [0.4, 0.5) is 0 Å². The van der Waals surface area contributed by atoms with Crippen molar-refractivity contribution in [1.82, 2.24) is 14.0 Å². The summed E-state index contributed by atoms with van der Waals surface area (Å²) < 4.78 is 13.6. The molecule has 0 spiro atoms. The van der Waals surface area contributed by atoms with Gasteiger partial charge in [0.25, 0.3) is 5.56 Å². The van der Waals surface area contributed by atoms with E-state index in [2.05, 4.69) is 4.98 Å². The van der Waals surface area contributed by atoms with Crippen LogP contribution < -0.4 is 15.0 Å². The number of aromatic nitrogens is 3. The van der Waals surface area contributed by atoms with E-state index in [4.69, 9.17) is 9.47 Å². The lowest BCUT2D eigenvalue weighted by Crippen LogP contribution is -2.19. The SMILES string of the molecule is COc1ccc(-c2cn3ccn(-c4ccc(OC)cc4)c(=O)c3n2)cc1. The van der Waals surface area contributed by atoms with Crippen LogP contribution in [0.25, 0.3) is 22.6 Å². The molecule has 0 atom stereocenters. The fourth-order valence-electron chi connectivity index (χ4n) is 2.83. The third kappa shape index (κ3) is 2.71. The first-order valence-electron chi connectivity index (χ1n) is 8.09. The molecular formula is C20H17N3O3. The van der Waals surface area contributed by atoms with Gasteiger partial charge in [-0.1, -0.05) is 0 Å². The van der Waals surface area contributed by atoms with Crippen LogP contribution in [0.15, 0.2) is 71.9 Å². The Morgan fingerprint density at radius 2 is 1.46 bits per heavy atom. The summed E-state index contributed by atoms with van der Waals surface area (Å²) in [4.78, 5) is 17.4. The standard InChI is InChI=1S/C20H17N3O3/c1-25-16-7-3-14(4-8-16)18-13-22-11-12-23(20(24)19(22)21-18)15-5-9-17(26-2)10-6-15/h3-13H,1-2H3. The molecule has 6 nitrogen and oxygen atoms in total. The molecule has 2 aromatic heterocycles. The van der Waals surface area contributed by atoms with E-state index in [1.165, 1.54) is 0 Å². The lowest BCUT2D eigenvalue weighted by Gasteiger charge is -2.06. The van der Waals surface area contributed by atoms with Gasteiger partial charge in [-0.05, 0) is 48.5 Å². The summed E-state index contributed by atoms with van der Waals surface area (Å²) in [5, 5.41) is 0. The Morgan fingerprint density at radius 3 is 2.08 bits per heavy atom. The van der Waals surface area contributed by atoms with Crippen LogP contribution in [0.1, 0.15) is 0 Å². The van der Waals surface area contributed by atoms with Crippen molar-refractivity contribution >= 4 is 5.65 Å². The molecular weight excluding hydrogens is 330 g/mol. The summed E-state index contributed by atoms with van der Waals surface area (Å²) >= 11 is 0. The number of ether oxygens (including phenoxy) is 2. The quantitative estimate of drug-likeness (QED) is 0.569. The van der Waals surface area contributed by atoms with Gasteiger partial charge < -0.3 is 13.9 Å². The third-order valence-electron chi connectivity index (χ3n) is 4.26. The van der Waals surface area contributed by atoms with Crippen molar-refractivity contribution in [3.63, 3.8) is 0 Å². The fourth-order valence-corrected chi connectivity index (χ4v) is 2.83. The monoisotopic (exact) mass is 347 g/mol. The number of imidazole rings is 1. The highest BCUT2D eigenvalue weighted by Crippen LogP contribution is 2.21. The molecule has 4 aromatic rings. The Kier molecular flexibility index (Phi) is 3.93. The van der Waals surface area contributed by atoms with Gasteiger partial charge in [0.1, 0.15) is 11.5 Å². The summed E-state index contributed by atoms with van der Waals surface area (Å²) in [6.45, 7) is 0. The smallest absolute Gasteiger partial charge is 0.298 e. The number of rotatable bonds is 4. The van der Waals surface area contributed by atoms with Crippen molar-refractivity contribution in [3.05, 3.63) is 77.5 Å². The minimum Gasteiger partial charge on any atom is -0.497 e. The van der Waals surface area contributed by atoms with Gasteiger partial charge in [0, 0.05) is 29.8 Å². The van der Waals surface area contributed by atoms with Gasteiger partial charge in [-0.15, -0.1) is 0 Å². The van der Waals surface area contributed by atoms with E-state index >= 15 is 0 Å². The molecule has 2 aromatic carbocycles. The van der Waals surface area contributed by atoms with Gasteiger partial charge in [-0.25, -0.2) is 4.98 Å². The number of hydrogen-bond donors (Lipinski definition) is 0. The van der Waals surface area contributed by atoms with Gasteiger partial charge in [-0.2, -0.15) is 0 Å². The van der Waals surface area contributed by atoms with Crippen molar-refractivity contribution in [2.45, 2.75) is 0 Å². The molecule has 0 radical (unpaired) electrons. The second-order valence-electron chi connectivity index (χ2n) is 5.76. The minimum absolute atomic E-state index is 0.183. The average molecular weight is 347 g/mol. The number of benzene rings is 2. The third-order valence-corrected chi connectivity index (χ3v) is 4.26. The first kappa shape index (κ1) is 16.0. The molecule has 6 heteroatoms. The van der Waals surface area contributed by atoms with E-state index in [-0.39, 0.29) is 5.56 Å². The predicted octanol–water partition coefficient (Wildman–Crippen LogP) is 3.17. The molecule has 0 N–H and O–H groups in total. The van der Waals surface area contributed by atoms with Crippen LogP contribution in [0.5, 0.6) is 11.5 Å². The second-order valence-corrected chi connectivity index (χ2v) is 5.76. The van der Waals surface area contributed by atoms with Gasteiger partial charge in [0.05, 0.1) is 19.9 Å². The van der Waals surface area contributed by atoms with E-state index in [0.717, 1.165) is 28.4 Å². The van der Waals surface area contributed by atoms with Crippen molar-refractivity contribution < 1.29 is 9.47 Å². The number of nitrogens with zero attached hydrogens (tertiary/aromatic N) is 3. The molecule has 4 rings (SSSR count). The van der Waals surface area contributed by atoms with Crippen LogP contribution >= 0.6 is 0 Å². The lowest BCUT2D eigenvalue weighted by atomic mass is 10.2. The predicted molar refractivity (Wildman–Crippen MR) is 99.3 cm³/mol. The van der Waals surface area contributed by atoms with Crippen LogP contribution in [0.3, 0.4) is 0 Å². The van der Waals surface area contributed by atoms with Gasteiger partial charge in [-0.3, -0.25) is 9.36 Å². The van der Waals surface area contributed by atoms with Crippen LogP contribution in [-0.4, -0.2) is 28.2 Å². The molecule has 2 heterocycles. The Balaban J connectivity index is 1.78.